The Hall–Kier alpha value is -1.27. The van der Waals surface area contributed by atoms with E-state index in [4.69, 9.17) is 23.2 Å². The van der Waals surface area contributed by atoms with Gasteiger partial charge in [0.15, 0.2) is 5.69 Å². The van der Waals surface area contributed by atoms with Crippen LogP contribution in [0.3, 0.4) is 0 Å². The van der Waals surface area contributed by atoms with E-state index in [1.807, 2.05) is 24.0 Å². The first-order valence-corrected chi connectivity index (χ1v) is 9.31. The molecule has 3 rings (SSSR count). The lowest BCUT2D eigenvalue weighted by Crippen LogP contribution is -2.36. The maximum absolute atomic E-state index is 13.2. The van der Waals surface area contributed by atoms with Gasteiger partial charge in [-0.15, -0.1) is 12.4 Å². The molecule has 0 spiro atoms. The molecule has 1 aromatic carbocycles. The first-order chi connectivity index (χ1) is 12.0. The molecule has 0 bridgehead atoms. The second-order valence-electron chi connectivity index (χ2n) is 6.30. The highest BCUT2D eigenvalue weighted by Crippen LogP contribution is 2.29. The quantitative estimate of drug-likeness (QED) is 0.758. The van der Waals surface area contributed by atoms with Crippen molar-refractivity contribution >= 4 is 41.5 Å². The number of aromatic nitrogens is 2. The number of carbonyl (C=O) groups is 1. The number of aromatic amines is 1. The maximum atomic E-state index is 13.2. The van der Waals surface area contributed by atoms with E-state index in [0.29, 0.717) is 28.8 Å². The van der Waals surface area contributed by atoms with E-state index < -0.39 is 0 Å². The second kappa shape index (κ2) is 9.09. The van der Waals surface area contributed by atoms with Crippen LogP contribution in [0.1, 0.15) is 53.6 Å². The molecule has 0 fully saturated rings. The predicted molar refractivity (Wildman–Crippen MR) is 107 cm³/mol. The summed E-state index contributed by atoms with van der Waals surface area (Å²) in [5, 5.41) is 11.6. The lowest BCUT2D eigenvalue weighted by molar-refractivity contribution is 0.0683. The third-order valence-corrected chi connectivity index (χ3v) is 5.37. The fourth-order valence-electron chi connectivity index (χ4n) is 3.20. The Morgan fingerprint density at radius 2 is 2.12 bits per heavy atom. The molecule has 2 aromatic rings. The molecule has 26 heavy (non-hydrogen) atoms. The number of benzene rings is 1. The zero-order chi connectivity index (χ0) is 18.0. The van der Waals surface area contributed by atoms with E-state index in [0.717, 1.165) is 36.2 Å². The average Bonchev–Trinajstić information content (AvgIpc) is 3.05. The number of amides is 1. The van der Waals surface area contributed by atoms with Crippen molar-refractivity contribution in [1.29, 1.82) is 0 Å². The first-order valence-electron chi connectivity index (χ1n) is 8.55. The Balaban J connectivity index is 0.00000243. The van der Waals surface area contributed by atoms with E-state index in [-0.39, 0.29) is 24.4 Å². The lowest BCUT2D eigenvalue weighted by atomic mass is 10.0. The van der Waals surface area contributed by atoms with Gasteiger partial charge in [-0.3, -0.25) is 9.89 Å². The SMILES string of the molecule is CCCN(C(=O)c1n[nH]c2c1CNCC2)C(C)c1ccc(Cl)c(Cl)c1.Cl. The second-order valence-corrected chi connectivity index (χ2v) is 7.12. The van der Waals surface area contributed by atoms with Crippen molar-refractivity contribution in [2.24, 2.45) is 0 Å². The van der Waals surface area contributed by atoms with Crippen molar-refractivity contribution in [2.45, 2.75) is 39.3 Å². The Bertz CT molecular complexity index is 778. The molecule has 2 heterocycles. The van der Waals surface area contributed by atoms with Crippen molar-refractivity contribution in [3.8, 4) is 0 Å². The van der Waals surface area contributed by atoms with Crippen LogP contribution in [0.2, 0.25) is 10.0 Å². The molecule has 1 amide bonds. The normalized spacial score (nSPS) is 14.3. The number of fused-ring (bicyclic) bond motifs is 1. The molecule has 1 aromatic heterocycles. The van der Waals surface area contributed by atoms with Gasteiger partial charge in [0, 0.05) is 37.3 Å². The van der Waals surface area contributed by atoms with E-state index in [1.54, 1.807) is 6.07 Å². The molecule has 8 heteroatoms. The molecule has 0 aliphatic carbocycles. The third kappa shape index (κ3) is 4.17. The Morgan fingerprint density at radius 1 is 1.35 bits per heavy atom. The van der Waals surface area contributed by atoms with Gasteiger partial charge in [-0.05, 0) is 31.0 Å². The van der Waals surface area contributed by atoms with Crippen LogP contribution in [0.15, 0.2) is 18.2 Å². The van der Waals surface area contributed by atoms with Gasteiger partial charge < -0.3 is 10.2 Å². The topological polar surface area (TPSA) is 61.0 Å². The first kappa shape index (κ1) is 21.0. The number of hydrogen-bond acceptors (Lipinski definition) is 3. The molecule has 1 unspecified atom stereocenters. The molecule has 1 aliphatic rings. The van der Waals surface area contributed by atoms with Crippen LogP contribution in [-0.2, 0) is 13.0 Å². The third-order valence-electron chi connectivity index (χ3n) is 4.63. The largest absolute Gasteiger partial charge is 0.330 e. The summed E-state index contributed by atoms with van der Waals surface area (Å²) in [6.07, 6.45) is 1.73. The van der Waals surface area contributed by atoms with Crippen LogP contribution in [0.25, 0.3) is 0 Å². The van der Waals surface area contributed by atoms with Gasteiger partial charge in [0.2, 0.25) is 0 Å². The van der Waals surface area contributed by atoms with Crippen LogP contribution in [0, 0.1) is 0 Å². The number of hydrogen-bond donors (Lipinski definition) is 2. The summed E-state index contributed by atoms with van der Waals surface area (Å²) in [5.74, 6) is -0.0541. The van der Waals surface area contributed by atoms with Gasteiger partial charge in [0.25, 0.3) is 5.91 Å². The lowest BCUT2D eigenvalue weighted by Gasteiger charge is -2.29. The molecule has 1 aliphatic heterocycles. The fourth-order valence-corrected chi connectivity index (χ4v) is 3.51. The van der Waals surface area contributed by atoms with Gasteiger partial charge in [-0.25, -0.2) is 0 Å². The van der Waals surface area contributed by atoms with Crippen LogP contribution >= 0.6 is 35.6 Å². The van der Waals surface area contributed by atoms with Crippen molar-refractivity contribution in [3.05, 3.63) is 50.8 Å². The Kier molecular flexibility index (Phi) is 7.35. The van der Waals surface area contributed by atoms with Gasteiger partial charge in [0.05, 0.1) is 16.1 Å². The van der Waals surface area contributed by atoms with E-state index in [9.17, 15) is 4.79 Å². The summed E-state index contributed by atoms with van der Waals surface area (Å²) in [5.41, 5.74) is 3.51. The summed E-state index contributed by atoms with van der Waals surface area (Å²) >= 11 is 12.2. The predicted octanol–water partition coefficient (Wildman–Crippen LogP) is 4.40. The van der Waals surface area contributed by atoms with Gasteiger partial charge in [-0.2, -0.15) is 5.10 Å². The van der Waals surface area contributed by atoms with Crippen molar-refractivity contribution in [2.75, 3.05) is 13.1 Å². The molecule has 142 valence electrons. The van der Waals surface area contributed by atoms with Gasteiger partial charge in [0.1, 0.15) is 0 Å². The molecule has 0 radical (unpaired) electrons. The molecule has 2 N–H and O–H groups in total. The van der Waals surface area contributed by atoms with E-state index >= 15 is 0 Å². The molecule has 0 saturated heterocycles. The fraction of sp³-hybridized carbons (Fsp3) is 0.444. The van der Waals surface area contributed by atoms with Gasteiger partial charge in [-0.1, -0.05) is 36.2 Å². The Morgan fingerprint density at radius 3 is 2.81 bits per heavy atom. The smallest absolute Gasteiger partial charge is 0.275 e. The zero-order valence-corrected chi connectivity index (χ0v) is 17.1. The van der Waals surface area contributed by atoms with E-state index in [2.05, 4.69) is 22.4 Å². The molecule has 5 nitrogen and oxygen atoms in total. The van der Waals surface area contributed by atoms with Crippen LogP contribution in [0.4, 0.5) is 0 Å². The minimum absolute atomic E-state index is 0. The highest BCUT2D eigenvalue weighted by molar-refractivity contribution is 6.42. The minimum Gasteiger partial charge on any atom is -0.330 e. The molecular weight excluding hydrogens is 395 g/mol. The minimum atomic E-state index is -0.119. The summed E-state index contributed by atoms with van der Waals surface area (Å²) < 4.78 is 0. The molecular formula is C18H23Cl3N4O. The summed E-state index contributed by atoms with van der Waals surface area (Å²) in [7, 11) is 0. The number of nitrogens with zero attached hydrogens (tertiary/aromatic N) is 2. The monoisotopic (exact) mass is 416 g/mol. The van der Waals surface area contributed by atoms with Crippen molar-refractivity contribution in [1.82, 2.24) is 20.4 Å². The summed E-state index contributed by atoms with van der Waals surface area (Å²) in [6.45, 7) is 6.29. The summed E-state index contributed by atoms with van der Waals surface area (Å²) in [4.78, 5) is 15.0. The van der Waals surface area contributed by atoms with Gasteiger partial charge >= 0.3 is 0 Å². The van der Waals surface area contributed by atoms with E-state index in [1.165, 1.54) is 0 Å². The highest BCUT2D eigenvalue weighted by Gasteiger charge is 2.28. The van der Waals surface area contributed by atoms with Crippen molar-refractivity contribution < 1.29 is 4.79 Å². The van der Waals surface area contributed by atoms with Crippen LogP contribution in [0.5, 0.6) is 0 Å². The van der Waals surface area contributed by atoms with Crippen molar-refractivity contribution in [3.63, 3.8) is 0 Å². The van der Waals surface area contributed by atoms with Crippen LogP contribution in [-0.4, -0.2) is 34.1 Å². The number of H-pyrrole nitrogens is 1. The maximum Gasteiger partial charge on any atom is 0.275 e. The highest BCUT2D eigenvalue weighted by atomic mass is 35.5. The number of nitrogens with one attached hydrogen (secondary N) is 2. The molecule has 1 atom stereocenters. The number of rotatable bonds is 5. The summed E-state index contributed by atoms with van der Waals surface area (Å²) in [6, 6.07) is 5.39. The number of carbonyl (C=O) groups excluding carboxylic acids is 1. The number of halogens is 3. The average molecular weight is 418 g/mol. The van der Waals surface area contributed by atoms with Crippen LogP contribution < -0.4 is 5.32 Å². The molecule has 0 saturated carbocycles. The standard InChI is InChI=1S/C18H22Cl2N4O.ClH/c1-3-8-24(11(2)12-4-5-14(19)15(20)9-12)18(25)17-13-10-21-7-6-16(13)22-23-17;/h4-5,9,11,21H,3,6-8,10H2,1-2H3,(H,22,23);1H. The Labute approximate surface area is 169 Å². The zero-order valence-electron chi connectivity index (χ0n) is 14.8.